The molecule has 0 bridgehead atoms. The number of carboxylic acids is 1. The molecule has 1 saturated carbocycles. The number of carbonyl (C=O) groups excluding carboxylic acids is 1. The fourth-order valence-corrected chi connectivity index (χ4v) is 1.57. The van der Waals surface area contributed by atoms with E-state index in [0.29, 0.717) is 12.0 Å². The molecule has 0 spiro atoms. The van der Waals surface area contributed by atoms with E-state index in [9.17, 15) is 9.59 Å². The number of hydrogen-bond donors (Lipinski definition) is 1. The maximum atomic E-state index is 11.7. The Morgan fingerprint density at radius 3 is 2.29 bits per heavy atom. The molecule has 1 aromatic carbocycles. The highest BCUT2D eigenvalue weighted by Gasteiger charge is 2.48. The molecule has 14 heavy (non-hydrogen) atoms. The van der Waals surface area contributed by atoms with E-state index in [4.69, 9.17) is 5.11 Å². The molecule has 2 rings (SSSR count). The van der Waals surface area contributed by atoms with Crippen LogP contribution in [-0.2, 0) is 4.79 Å². The maximum absolute atomic E-state index is 11.7. The largest absolute Gasteiger partial charge is 0.481 e. The Bertz CT molecular complexity index is 369. The standard InChI is InChI=1S/C11H10O3/c12-10(7-4-2-1-3-5-7)8-6-9(8)11(13)14/h1-5,8-9H,6H2,(H,13,14)/t8-,9-/m1/s1. The molecule has 1 fully saturated rings. The average molecular weight is 190 g/mol. The van der Waals surface area contributed by atoms with Crippen molar-refractivity contribution in [3.05, 3.63) is 35.9 Å². The molecule has 0 saturated heterocycles. The molecule has 0 heterocycles. The number of benzene rings is 1. The number of carbonyl (C=O) groups is 2. The molecule has 2 atom stereocenters. The summed E-state index contributed by atoms with van der Waals surface area (Å²) < 4.78 is 0. The molecular formula is C11H10O3. The van der Waals surface area contributed by atoms with Crippen molar-refractivity contribution < 1.29 is 14.7 Å². The lowest BCUT2D eigenvalue weighted by Crippen LogP contribution is -2.07. The quantitative estimate of drug-likeness (QED) is 0.736. The van der Waals surface area contributed by atoms with E-state index in [1.807, 2.05) is 6.07 Å². The summed E-state index contributed by atoms with van der Waals surface area (Å²) >= 11 is 0. The Hall–Kier alpha value is -1.64. The second-order valence-corrected chi connectivity index (χ2v) is 3.52. The van der Waals surface area contributed by atoms with Crippen LogP contribution >= 0.6 is 0 Å². The fourth-order valence-electron chi connectivity index (χ4n) is 1.57. The Balaban J connectivity index is 2.09. The van der Waals surface area contributed by atoms with Gasteiger partial charge in [-0.2, -0.15) is 0 Å². The van der Waals surface area contributed by atoms with Gasteiger partial charge < -0.3 is 5.11 Å². The van der Waals surface area contributed by atoms with Crippen molar-refractivity contribution in [3.8, 4) is 0 Å². The number of carboxylic acid groups (broad SMARTS) is 1. The summed E-state index contributed by atoms with van der Waals surface area (Å²) in [5, 5.41) is 8.67. The van der Waals surface area contributed by atoms with Gasteiger partial charge in [0.15, 0.2) is 5.78 Å². The smallest absolute Gasteiger partial charge is 0.307 e. The van der Waals surface area contributed by atoms with Crippen LogP contribution in [0.3, 0.4) is 0 Å². The van der Waals surface area contributed by atoms with Crippen molar-refractivity contribution in [1.82, 2.24) is 0 Å². The van der Waals surface area contributed by atoms with Crippen molar-refractivity contribution >= 4 is 11.8 Å². The van der Waals surface area contributed by atoms with Crippen molar-refractivity contribution in [2.45, 2.75) is 6.42 Å². The molecule has 72 valence electrons. The van der Waals surface area contributed by atoms with Gasteiger partial charge in [-0.15, -0.1) is 0 Å². The lowest BCUT2D eigenvalue weighted by molar-refractivity contribution is -0.138. The zero-order valence-electron chi connectivity index (χ0n) is 7.51. The summed E-state index contributed by atoms with van der Waals surface area (Å²) in [6, 6.07) is 8.84. The molecule has 3 heteroatoms. The maximum Gasteiger partial charge on any atom is 0.307 e. The second-order valence-electron chi connectivity index (χ2n) is 3.52. The molecule has 3 nitrogen and oxygen atoms in total. The van der Waals surface area contributed by atoms with Crippen molar-refractivity contribution in [1.29, 1.82) is 0 Å². The minimum atomic E-state index is -0.862. The Labute approximate surface area is 81.4 Å². The van der Waals surface area contributed by atoms with Gasteiger partial charge in [0.05, 0.1) is 5.92 Å². The predicted molar refractivity (Wildman–Crippen MR) is 50.0 cm³/mol. The van der Waals surface area contributed by atoms with Crippen LogP contribution in [0.2, 0.25) is 0 Å². The van der Waals surface area contributed by atoms with E-state index < -0.39 is 11.9 Å². The van der Waals surface area contributed by atoms with E-state index >= 15 is 0 Å². The van der Waals surface area contributed by atoms with Crippen LogP contribution in [0.1, 0.15) is 16.8 Å². The monoisotopic (exact) mass is 190 g/mol. The summed E-state index contributed by atoms with van der Waals surface area (Å²) in [5.74, 6) is -1.66. The minimum Gasteiger partial charge on any atom is -0.481 e. The summed E-state index contributed by atoms with van der Waals surface area (Å²) in [6.45, 7) is 0. The van der Waals surface area contributed by atoms with Crippen molar-refractivity contribution in [2.24, 2.45) is 11.8 Å². The summed E-state index contributed by atoms with van der Waals surface area (Å²) in [4.78, 5) is 22.2. The van der Waals surface area contributed by atoms with Gasteiger partial charge >= 0.3 is 5.97 Å². The SMILES string of the molecule is O=C(O)[C@@H]1C[C@H]1C(=O)c1ccccc1. The zero-order valence-corrected chi connectivity index (χ0v) is 7.51. The van der Waals surface area contributed by atoms with Crippen LogP contribution in [0.5, 0.6) is 0 Å². The third kappa shape index (κ3) is 1.53. The first kappa shape index (κ1) is 8.94. The lowest BCUT2D eigenvalue weighted by atomic mass is 10.1. The molecule has 1 aliphatic rings. The fraction of sp³-hybridized carbons (Fsp3) is 0.273. The summed E-state index contributed by atoms with van der Waals surface area (Å²) in [6.07, 6.45) is 0.489. The highest BCUT2D eigenvalue weighted by molar-refractivity contribution is 6.02. The molecule has 0 radical (unpaired) electrons. The van der Waals surface area contributed by atoms with E-state index in [1.54, 1.807) is 24.3 Å². The first-order chi connectivity index (χ1) is 6.70. The molecule has 0 unspecified atom stereocenters. The molecule has 1 aromatic rings. The molecular weight excluding hydrogens is 180 g/mol. The minimum absolute atomic E-state index is 0.0435. The van der Waals surface area contributed by atoms with Gasteiger partial charge in [-0.25, -0.2) is 0 Å². The second kappa shape index (κ2) is 3.25. The molecule has 0 amide bonds. The van der Waals surface area contributed by atoms with E-state index in [-0.39, 0.29) is 11.7 Å². The van der Waals surface area contributed by atoms with E-state index in [1.165, 1.54) is 0 Å². The van der Waals surface area contributed by atoms with Gasteiger partial charge in [0.25, 0.3) is 0 Å². The molecule has 0 aliphatic heterocycles. The van der Waals surface area contributed by atoms with Crippen LogP contribution < -0.4 is 0 Å². The Morgan fingerprint density at radius 2 is 1.79 bits per heavy atom. The van der Waals surface area contributed by atoms with Gasteiger partial charge in [0.2, 0.25) is 0 Å². The average Bonchev–Trinajstić information content (AvgIpc) is 2.97. The van der Waals surface area contributed by atoms with Gasteiger partial charge in [0, 0.05) is 11.5 Å². The van der Waals surface area contributed by atoms with Gasteiger partial charge in [-0.3, -0.25) is 9.59 Å². The number of aliphatic carboxylic acids is 1. The van der Waals surface area contributed by atoms with Crippen LogP contribution in [0, 0.1) is 11.8 Å². The molecule has 0 aromatic heterocycles. The number of hydrogen-bond acceptors (Lipinski definition) is 2. The van der Waals surface area contributed by atoms with Crippen LogP contribution in [0.25, 0.3) is 0 Å². The molecule has 1 aliphatic carbocycles. The first-order valence-corrected chi connectivity index (χ1v) is 4.52. The Morgan fingerprint density at radius 1 is 1.14 bits per heavy atom. The van der Waals surface area contributed by atoms with Crippen LogP contribution in [0.15, 0.2) is 30.3 Å². The number of Topliss-reactive ketones (excluding diaryl/α,β-unsaturated/α-hetero) is 1. The van der Waals surface area contributed by atoms with Crippen LogP contribution in [-0.4, -0.2) is 16.9 Å². The lowest BCUT2D eigenvalue weighted by Gasteiger charge is -1.97. The Kier molecular flexibility index (Phi) is 2.08. The molecule has 1 N–H and O–H groups in total. The summed E-state index contributed by atoms with van der Waals surface area (Å²) in [5.41, 5.74) is 0.612. The van der Waals surface area contributed by atoms with Crippen molar-refractivity contribution in [3.63, 3.8) is 0 Å². The highest BCUT2D eigenvalue weighted by atomic mass is 16.4. The van der Waals surface area contributed by atoms with Gasteiger partial charge in [-0.1, -0.05) is 30.3 Å². The van der Waals surface area contributed by atoms with Crippen molar-refractivity contribution in [2.75, 3.05) is 0 Å². The first-order valence-electron chi connectivity index (χ1n) is 4.52. The number of ketones is 1. The zero-order chi connectivity index (χ0) is 10.1. The van der Waals surface area contributed by atoms with Gasteiger partial charge in [0.1, 0.15) is 0 Å². The van der Waals surface area contributed by atoms with Crippen LogP contribution in [0.4, 0.5) is 0 Å². The highest BCUT2D eigenvalue weighted by Crippen LogP contribution is 2.40. The normalized spacial score (nSPS) is 24.3. The predicted octanol–water partition coefficient (Wildman–Crippen LogP) is 1.59. The summed E-state index contributed by atoms with van der Waals surface area (Å²) in [7, 11) is 0. The number of rotatable bonds is 3. The van der Waals surface area contributed by atoms with E-state index in [0.717, 1.165) is 0 Å². The third-order valence-corrected chi connectivity index (χ3v) is 2.50. The van der Waals surface area contributed by atoms with E-state index in [2.05, 4.69) is 0 Å². The third-order valence-electron chi connectivity index (χ3n) is 2.50. The topological polar surface area (TPSA) is 54.4 Å². The van der Waals surface area contributed by atoms with Gasteiger partial charge in [-0.05, 0) is 6.42 Å².